The summed E-state index contributed by atoms with van der Waals surface area (Å²) < 4.78 is 5.07. The van der Waals surface area contributed by atoms with E-state index in [0.717, 1.165) is 29.5 Å². The molecule has 0 aliphatic heterocycles. The van der Waals surface area contributed by atoms with Crippen molar-refractivity contribution >= 4 is 42.6 Å². The van der Waals surface area contributed by atoms with E-state index in [-0.39, 0.29) is 60.4 Å². The Labute approximate surface area is 389 Å². The summed E-state index contributed by atoms with van der Waals surface area (Å²) in [5.74, 6) is 0.248. The van der Waals surface area contributed by atoms with Crippen molar-refractivity contribution in [1.29, 1.82) is 10.5 Å². The second-order valence-corrected chi connectivity index (χ2v) is 14.9. The number of rotatable bonds is 15. The fourth-order valence-electron chi connectivity index (χ4n) is 5.95. The standard InChI is InChI=1S/C21H26N4O.C15H14N2O4.C12H17N3.2ClH/c1-16(19-7-5-4-6-8-19)24-21(26)23-15-20(25(2)3)13-17-9-11-18(14-22)12-10-17;1-11(12-5-3-2-4-6-12)16-15(18)21-14-9-7-13(8-10-14)17(19)20;1-15(2)12(9-14)7-10-3-5-11(8-13)6-4-10;;/h4-12,16,20H,13,15H2,1-3H3,(H2,23,24,26);2-11H,1H3,(H,16,18);3-6,12H,7,9,14H2,1-2H3;2*1H/t16-,20-;11-;12-;;/m000../s1. The van der Waals surface area contributed by atoms with E-state index in [1.54, 1.807) is 0 Å². The van der Waals surface area contributed by atoms with Crippen LogP contribution in [0.5, 0.6) is 5.75 Å². The molecule has 5 aromatic carbocycles. The maximum Gasteiger partial charge on any atom is 0.413 e. The third-order valence-corrected chi connectivity index (χ3v) is 9.88. The van der Waals surface area contributed by atoms with E-state index >= 15 is 0 Å². The van der Waals surface area contributed by atoms with E-state index in [9.17, 15) is 19.7 Å². The van der Waals surface area contributed by atoms with E-state index in [1.807, 2.05) is 151 Å². The van der Waals surface area contributed by atoms with Crippen LogP contribution in [0.15, 0.2) is 133 Å². The number of carbonyl (C=O) groups is 2. The first-order valence-corrected chi connectivity index (χ1v) is 20.1. The summed E-state index contributed by atoms with van der Waals surface area (Å²) in [6.45, 7) is 4.99. The molecule has 0 aliphatic rings. The summed E-state index contributed by atoms with van der Waals surface area (Å²) in [6.07, 6.45) is 1.11. The number of carbonyl (C=O) groups excluding carboxylic acids is 2. The normalized spacial score (nSPS) is 11.9. The Morgan fingerprint density at radius 2 is 1.09 bits per heavy atom. The molecule has 0 aliphatic carbocycles. The average Bonchev–Trinajstić information content (AvgIpc) is 3.28. The predicted octanol–water partition coefficient (Wildman–Crippen LogP) is 8.37. The minimum absolute atomic E-state index is 0. The van der Waals surface area contributed by atoms with E-state index in [4.69, 9.17) is 21.0 Å². The molecule has 0 unspecified atom stereocenters. The fraction of sp³-hybridized carbons (Fsp3) is 0.292. The first kappa shape index (κ1) is 55.5. The Morgan fingerprint density at radius 1 is 0.672 bits per heavy atom. The summed E-state index contributed by atoms with van der Waals surface area (Å²) >= 11 is 0. The molecule has 0 spiro atoms. The van der Waals surface area contributed by atoms with Gasteiger partial charge in [-0.05, 0) is 114 Å². The van der Waals surface area contributed by atoms with Crippen LogP contribution in [-0.2, 0) is 12.8 Å². The van der Waals surface area contributed by atoms with E-state index < -0.39 is 11.0 Å². The third-order valence-electron chi connectivity index (χ3n) is 9.88. The SMILES string of the molecule is CN(C)[C@H](CN)Cc1ccc(C#N)cc1.C[C@H](NC(=O)NC[C@H](Cc1ccc(C#N)cc1)N(C)C)c1ccccc1.C[C@H](NC(=O)Oc1ccc([N+](=O)[O-])cc1)c1ccccc1.Cl.Cl. The number of nitro benzene ring substituents is 1. The number of hydrogen-bond acceptors (Lipinski definition) is 10. The molecule has 4 atom stereocenters. The molecule has 0 heterocycles. The molecule has 0 bridgehead atoms. The number of nitrogens with one attached hydrogen (secondary N) is 3. The molecular formula is C48H59Cl2N9O5. The number of nitriles is 2. The van der Waals surface area contributed by atoms with Crippen LogP contribution in [0.4, 0.5) is 15.3 Å². The van der Waals surface area contributed by atoms with Crippen LogP contribution < -0.4 is 26.4 Å². The lowest BCUT2D eigenvalue weighted by Crippen LogP contribution is -2.45. The first-order valence-electron chi connectivity index (χ1n) is 20.1. The zero-order valence-corrected chi connectivity index (χ0v) is 38.6. The van der Waals surface area contributed by atoms with E-state index in [1.165, 1.54) is 29.8 Å². The number of nitrogens with two attached hydrogens (primary N) is 1. The number of urea groups is 1. The van der Waals surface area contributed by atoms with Crippen LogP contribution in [0, 0.1) is 32.8 Å². The van der Waals surface area contributed by atoms with Gasteiger partial charge in [-0.2, -0.15) is 10.5 Å². The molecular weight excluding hydrogens is 853 g/mol. The smallest absolute Gasteiger partial charge is 0.410 e. The van der Waals surface area contributed by atoms with Gasteiger partial charge in [0.25, 0.3) is 5.69 Å². The van der Waals surface area contributed by atoms with Crippen LogP contribution in [0.25, 0.3) is 0 Å². The van der Waals surface area contributed by atoms with Crippen molar-refractivity contribution in [3.63, 3.8) is 0 Å². The zero-order valence-electron chi connectivity index (χ0n) is 37.0. The second-order valence-electron chi connectivity index (χ2n) is 14.9. The first-order chi connectivity index (χ1) is 29.7. The van der Waals surface area contributed by atoms with Crippen LogP contribution >= 0.6 is 24.8 Å². The number of non-ortho nitro benzene ring substituents is 1. The zero-order chi connectivity index (χ0) is 45.4. The summed E-state index contributed by atoms with van der Waals surface area (Å²) in [5, 5.41) is 36.7. The quantitative estimate of drug-likeness (QED) is 0.0584. The number of likely N-dealkylation sites (N-methyl/N-ethyl adjacent to an activating group) is 2. The van der Waals surface area contributed by atoms with Crippen molar-refractivity contribution in [2.24, 2.45) is 5.73 Å². The molecule has 0 radical (unpaired) electrons. The highest BCUT2D eigenvalue weighted by Crippen LogP contribution is 2.18. The Morgan fingerprint density at radius 3 is 1.48 bits per heavy atom. The molecule has 0 saturated heterocycles. The predicted molar refractivity (Wildman–Crippen MR) is 257 cm³/mol. The van der Waals surface area contributed by atoms with Gasteiger partial charge in [0, 0.05) is 37.3 Å². The van der Waals surface area contributed by atoms with Gasteiger partial charge in [-0.25, -0.2) is 9.59 Å². The second kappa shape index (κ2) is 29.7. The number of nitro groups is 1. The molecule has 0 aromatic heterocycles. The third kappa shape index (κ3) is 20.1. The minimum atomic E-state index is -0.611. The highest BCUT2D eigenvalue weighted by Gasteiger charge is 2.16. The van der Waals surface area contributed by atoms with Crippen molar-refractivity contribution in [3.05, 3.63) is 177 Å². The van der Waals surface area contributed by atoms with Gasteiger partial charge >= 0.3 is 12.1 Å². The Hall–Kier alpha value is -6.52. The largest absolute Gasteiger partial charge is 0.413 e. The summed E-state index contributed by atoms with van der Waals surface area (Å²) in [6, 6.07) is 44.3. The molecule has 3 amide bonds. The van der Waals surface area contributed by atoms with Gasteiger partial charge in [-0.1, -0.05) is 84.9 Å². The van der Waals surface area contributed by atoms with E-state index in [2.05, 4.69) is 37.9 Å². The lowest BCUT2D eigenvalue weighted by Gasteiger charge is -2.25. The topological polar surface area (TPSA) is 203 Å². The van der Waals surface area contributed by atoms with Gasteiger partial charge in [0.05, 0.1) is 40.3 Å². The van der Waals surface area contributed by atoms with Gasteiger partial charge < -0.3 is 36.2 Å². The molecule has 5 aromatic rings. The van der Waals surface area contributed by atoms with Gasteiger partial charge in [0.1, 0.15) is 5.75 Å². The van der Waals surface area contributed by atoms with Crippen LogP contribution in [0.1, 0.15) is 59.3 Å². The Balaban J connectivity index is 0.000000489. The molecule has 16 heteroatoms. The highest BCUT2D eigenvalue weighted by atomic mass is 35.5. The monoisotopic (exact) mass is 911 g/mol. The molecule has 0 saturated carbocycles. The number of hydrogen-bond donors (Lipinski definition) is 4. The summed E-state index contributed by atoms with van der Waals surface area (Å²) in [4.78, 5) is 38.2. The number of ether oxygens (including phenoxy) is 1. The van der Waals surface area contributed by atoms with E-state index in [0.29, 0.717) is 30.3 Å². The van der Waals surface area contributed by atoms with Crippen LogP contribution in [0.3, 0.4) is 0 Å². The lowest BCUT2D eigenvalue weighted by molar-refractivity contribution is -0.384. The number of halogens is 2. The van der Waals surface area contributed by atoms with Gasteiger partial charge in [-0.15, -0.1) is 24.8 Å². The highest BCUT2D eigenvalue weighted by molar-refractivity contribution is 5.85. The molecule has 14 nitrogen and oxygen atoms in total. The molecule has 5 rings (SSSR count). The van der Waals surface area contributed by atoms with Crippen molar-refractivity contribution < 1.29 is 19.2 Å². The van der Waals surface area contributed by atoms with Gasteiger partial charge in [-0.3, -0.25) is 10.1 Å². The molecule has 340 valence electrons. The summed E-state index contributed by atoms with van der Waals surface area (Å²) in [7, 11) is 8.06. The number of amides is 3. The Bertz CT molecular complexity index is 2200. The van der Waals surface area contributed by atoms with Gasteiger partial charge in [0.15, 0.2) is 0 Å². The lowest BCUT2D eigenvalue weighted by atomic mass is 10.0. The van der Waals surface area contributed by atoms with Crippen LogP contribution in [-0.4, -0.2) is 80.2 Å². The van der Waals surface area contributed by atoms with Crippen molar-refractivity contribution in [3.8, 4) is 17.9 Å². The number of nitrogens with zero attached hydrogens (tertiary/aromatic N) is 5. The fourth-order valence-corrected chi connectivity index (χ4v) is 5.95. The average molecular weight is 913 g/mol. The maximum absolute atomic E-state index is 12.2. The molecule has 0 fully saturated rings. The molecule has 64 heavy (non-hydrogen) atoms. The summed E-state index contributed by atoms with van der Waals surface area (Å²) in [5.41, 5.74) is 11.4. The Kier molecular flexibility index (Phi) is 25.8. The minimum Gasteiger partial charge on any atom is -0.410 e. The number of benzene rings is 5. The molecule has 5 N–H and O–H groups in total. The van der Waals surface area contributed by atoms with Gasteiger partial charge in [0.2, 0.25) is 0 Å². The van der Waals surface area contributed by atoms with Crippen molar-refractivity contribution in [2.45, 2.75) is 50.9 Å². The maximum atomic E-state index is 12.2. The van der Waals surface area contributed by atoms with Crippen molar-refractivity contribution in [1.82, 2.24) is 25.8 Å². The van der Waals surface area contributed by atoms with Crippen LogP contribution in [0.2, 0.25) is 0 Å². The van der Waals surface area contributed by atoms with Crippen molar-refractivity contribution in [2.75, 3.05) is 41.3 Å².